The smallest absolute Gasteiger partial charge is 0.167 e. The molecule has 3 nitrogen and oxygen atoms in total. The van der Waals surface area contributed by atoms with Crippen molar-refractivity contribution in [2.24, 2.45) is 0 Å². The van der Waals surface area contributed by atoms with Gasteiger partial charge in [-0.2, -0.15) is 5.26 Å². The van der Waals surface area contributed by atoms with E-state index in [0.717, 1.165) is 0 Å². The molecule has 0 aliphatic heterocycles. The van der Waals surface area contributed by atoms with Crippen molar-refractivity contribution in [3.8, 4) is 11.8 Å². The quantitative estimate of drug-likeness (QED) is 0.865. The third-order valence-electron chi connectivity index (χ3n) is 3.03. The number of ether oxygens (including phenoxy) is 1. The Balaban J connectivity index is 2.74. The van der Waals surface area contributed by atoms with Gasteiger partial charge >= 0.3 is 0 Å². The average molecular weight is 278 g/mol. The second-order valence-electron chi connectivity index (χ2n) is 5.76. The molecule has 1 N–H and O–H groups in total. The van der Waals surface area contributed by atoms with E-state index in [4.69, 9.17) is 4.74 Å². The summed E-state index contributed by atoms with van der Waals surface area (Å²) in [5.74, 6) is -0.0998. The van der Waals surface area contributed by atoms with E-state index >= 15 is 0 Å². The summed E-state index contributed by atoms with van der Waals surface area (Å²) >= 11 is 0. The molecule has 0 fully saturated rings. The van der Waals surface area contributed by atoms with E-state index in [1.165, 1.54) is 0 Å². The van der Waals surface area contributed by atoms with Crippen LogP contribution in [0.5, 0.6) is 5.75 Å². The Morgan fingerprint density at radius 3 is 2.60 bits per heavy atom. The van der Waals surface area contributed by atoms with Crippen molar-refractivity contribution in [2.75, 3.05) is 0 Å². The van der Waals surface area contributed by atoms with Gasteiger partial charge in [-0.25, -0.2) is 4.39 Å². The molecule has 4 heteroatoms. The summed E-state index contributed by atoms with van der Waals surface area (Å²) in [6.07, 6.45) is 0.219. The molecule has 2 unspecified atom stereocenters. The molecule has 0 aliphatic rings. The highest BCUT2D eigenvalue weighted by atomic mass is 19.1. The van der Waals surface area contributed by atoms with Crippen LogP contribution < -0.4 is 10.1 Å². The topological polar surface area (TPSA) is 45.0 Å². The molecule has 0 spiro atoms. The van der Waals surface area contributed by atoms with Gasteiger partial charge in [0, 0.05) is 12.5 Å². The van der Waals surface area contributed by atoms with Crippen molar-refractivity contribution in [1.82, 2.24) is 5.32 Å². The molecule has 0 saturated carbocycles. The van der Waals surface area contributed by atoms with E-state index in [2.05, 4.69) is 11.4 Å². The lowest BCUT2D eigenvalue weighted by Gasteiger charge is -2.29. The summed E-state index contributed by atoms with van der Waals surface area (Å²) < 4.78 is 19.5. The highest BCUT2D eigenvalue weighted by Gasteiger charge is 2.28. The molecule has 0 saturated heterocycles. The number of halogens is 1. The van der Waals surface area contributed by atoms with Gasteiger partial charge in [-0.3, -0.25) is 5.32 Å². The molecule has 0 heterocycles. The van der Waals surface area contributed by atoms with Crippen LogP contribution in [0.1, 0.15) is 39.7 Å². The van der Waals surface area contributed by atoms with Crippen LogP contribution >= 0.6 is 0 Å². The number of nitrogens with zero attached hydrogens (tertiary/aromatic N) is 1. The molecule has 0 amide bonds. The molecule has 2 atom stereocenters. The number of aryl methyl sites for hydroxylation is 1. The van der Waals surface area contributed by atoms with Crippen molar-refractivity contribution < 1.29 is 9.13 Å². The van der Waals surface area contributed by atoms with Gasteiger partial charge in [-0.15, -0.1) is 0 Å². The number of benzene rings is 1. The second-order valence-corrected chi connectivity index (χ2v) is 5.76. The van der Waals surface area contributed by atoms with Gasteiger partial charge in [0.25, 0.3) is 0 Å². The molecule has 1 aromatic rings. The Morgan fingerprint density at radius 2 is 2.05 bits per heavy atom. The number of rotatable bonds is 6. The lowest BCUT2D eigenvalue weighted by atomic mass is 9.95. The first-order chi connectivity index (χ1) is 9.27. The molecule has 1 aromatic carbocycles. The molecule has 20 heavy (non-hydrogen) atoms. The standard InChI is InChI=1S/C16H23FN2O/c1-11(2)19-16(5,10-18)9-13(4)20-14-8-6-7-12(3)15(14)17/h6-8,11,13,19H,9H2,1-5H3. The summed E-state index contributed by atoms with van der Waals surface area (Å²) in [6, 6.07) is 7.54. The minimum atomic E-state index is -0.687. The fourth-order valence-corrected chi connectivity index (χ4v) is 2.32. The molecule has 0 aromatic heterocycles. The SMILES string of the molecule is Cc1cccc(OC(C)CC(C)(C#N)NC(C)C)c1F. The monoisotopic (exact) mass is 278 g/mol. The first-order valence-electron chi connectivity index (χ1n) is 6.88. The van der Waals surface area contributed by atoms with Crippen LogP contribution in [0.3, 0.4) is 0 Å². The number of hydrogen-bond donors (Lipinski definition) is 1. The van der Waals surface area contributed by atoms with Crippen LogP contribution in [0.4, 0.5) is 4.39 Å². The second kappa shape index (κ2) is 6.71. The summed E-state index contributed by atoms with van der Waals surface area (Å²) in [4.78, 5) is 0. The van der Waals surface area contributed by atoms with Gasteiger partial charge < -0.3 is 4.74 Å². The molecule has 0 bridgehead atoms. The summed E-state index contributed by atoms with van der Waals surface area (Å²) in [5.41, 5.74) is -0.133. The van der Waals surface area contributed by atoms with E-state index in [-0.39, 0.29) is 23.7 Å². The minimum absolute atomic E-state index is 0.197. The first kappa shape index (κ1) is 16.5. The third-order valence-corrected chi connectivity index (χ3v) is 3.03. The molecular weight excluding hydrogens is 255 g/mol. The van der Waals surface area contributed by atoms with E-state index in [9.17, 15) is 9.65 Å². The third kappa shape index (κ3) is 4.50. The minimum Gasteiger partial charge on any atom is -0.488 e. The predicted molar refractivity (Wildman–Crippen MR) is 78.1 cm³/mol. The average Bonchev–Trinajstić information content (AvgIpc) is 2.33. The van der Waals surface area contributed by atoms with Crippen LogP contribution in [0, 0.1) is 24.1 Å². The highest BCUT2D eigenvalue weighted by molar-refractivity contribution is 5.30. The zero-order chi connectivity index (χ0) is 15.3. The molecular formula is C16H23FN2O. The molecule has 0 radical (unpaired) electrons. The van der Waals surface area contributed by atoms with Gasteiger partial charge in [0.1, 0.15) is 5.54 Å². The van der Waals surface area contributed by atoms with Crippen molar-refractivity contribution >= 4 is 0 Å². The maximum Gasteiger partial charge on any atom is 0.167 e. The Hall–Kier alpha value is -1.60. The zero-order valence-corrected chi connectivity index (χ0v) is 12.8. The lowest BCUT2D eigenvalue weighted by Crippen LogP contribution is -2.47. The number of nitriles is 1. The van der Waals surface area contributed by atoms with Crippen molar-refractivity contribution in [3.63, 3.8) is 0 Å². The predicted octanol–water partition coefficient (Wildman–Crippen LogP) is 3.57. The summed E-state index contributed by atoms with van der Waals surface area (Å²) in [6.45, 7) is 9.36. The maximum atomic E-state index is 13.9. The fourth-order valence-electron chi connectivity index (χ4n) is 2.32. The molecule has 110 valence electrons. The lowest BCUT2D eigenvalue weighted by molar-refractivity contribution is 0.169. The number of nitrogens with one attached hydrogen (secondary N) is 1. The molecule has 1 rings (SSSR count). The van der Waals surface area contributed by atoms with Gasteiger partial charge in [-0.1, -0.05) is 12.1 Å². The Morgan fingerprint density at radius 1 is 1.40 bits per heavy atom. The van der Waals surface area contributed by atoms with E-state index in [1.54, 1.807) is 25.1 Å². The van der Waals surface area contributed by atoms with Crippen LogP contribution in [-0.4, -0.2) is 17.7 Å². The van der Waals surface area contributed by atoms with Crippen LogP contribution in [-0.2, 0) is 0 Å². The van der Waals surface area contributed by atoms with E-state index in [0.29, 0.717) is 12.0 Å². The Kier molecular flexibility index (Phi) is 5.52. The highest BCUT2D eigenvalue weighted by Crippen LogP contribution is 2.23. The largest absolute Gasteiger partial charge is 0.488 e. The van der Waals surface area contributed by atoms with Crippen LogP contribution in [0.15, 0.2) is 18.2 Å². The van der Waals surface area contributed by atoms with Crippen molar-refractivity contribution in [3.05, 3.63) is 29.6 Å². The van der Waals surface area contributed by atoms with E-state index in [1.807, 2.05) is 27.7 Å². The fraction of sp³-hybridized carbons (Fsp3) is 0.562. The Bertz CT molecular complexity index is 496. The van der Waals surface area contributed by atoms with Crippen molar-refractivity contribution in [1.29, 1.82) is 5.26 Å². The summed E-state index contributed by atoms with van der Waals surface area (Å²) in [5, 5.41) is 12.5. The van der Waals surface area contributed by atoms with Gasteiger partial charge in [0.2, 0.25) is 0 Å². The zero-order valence-electron chi connectivity index (χ0n) is 12.8. The van der Waals surface area contributed by atoms with Crippen LogP contribution in [0.25, 0.3) is 0 Å². The summed E-state index contributed by atoms with van der Waals surface area (Å²) in [7, 11) is 0. The van der Waals surface area contributed by atoms with Crippen LogP contribution in [0.2, 0.25) is 0 Å². The normalized spacial score (nSPS) is 15.5. The maximum absolute atomic E-state index is 13.9. The number of hydrogen-bond acceptors (Lipinski definition) is 3. The molecule has 0 aliphatic carbocycles. The van der Waals surface area contributed by atoms with Gasteiger partial charge in [0.15, 0.2) is 11.6 Å². The van der Waals surface area contributed by atoms with Crippen molar-refractivity contribution in [2.45, 2.75) is 58.7 Å². The van der Waals surface area contributed by atoms with Gasteiger partial charge in [0.05, 0.1) is 12.2 Å². The first-order valence-corrected chi connectivity index (χ1v) is 6.88. The van der Waals surface area contributed by atoms with Gasteiger partial charge in [-0.05, 0) is 46.2 Å². The Labute approximate surface area is 120 Å². The van der Waals surface area contributed by atoms with E-state index < -0.39 is 5.54 Å².